The molecule has 0 saturated carbocycles. The Morgan fingerprint density at radius 1 is 1.10 bits per heavy atom. The first-order valence-electron chi connectivity index (χ1n) is 6.32. The molecule has 2 rings (SSSR count). The van der Waals surface area contributed by atoms with Crippen molar-refractivity contribution >= 4 is 33.2 Å². The summed E-state index contributed by atoms with van der Waals surface area (Å²) in [6.45, 7) is 5.85. The van der Waals surface area contributed by atoms with Gasteiger partial charge in [0.15, 0.2) is 0 Å². The summed E-state index contributed by atoms with van der Waals surface area (Å²) in [6, 6.07) is 9.47. The van der Waals surface area contributed by atoms with Crippen LogP contribution < -0.4 is 11.1 Å². The van der Waals surface area contributed by atoms with E-state index in [0.29, 0.717) is 16.9 Å². The van der Waals surface area contributed by atoms with Gasteiger partial charge in [-0.2, -0.15) is 0 Å². The van der Waals surface area contributed by atoms with E-state index in [0.717, 1.165) is 21.2 Å². The normalized spacial score (nSPS) is 10.4. The van der Waals surface area contributed by atoms with Gasteiger partial charge in [-0.3, -0.25) is 4.79 Å². The summed E-state index contributed by atoms with van der Waals surface area (Å²) in [5.74, 6) is -0.139. The highest BCUT2D eigenvalue weighted by molar-refractivity contribution is 9.10. The van der Waals surface area contributed by atoms with Crippen molar-refractivity contribution in [1.29, 1.82) is 0 Å². The summed E-state index contributed by atoms with van der Waals surface area (Å²) in [5.41, 5.74) is 10.9. The van der Waals surface area contributed by atoms with E-state index in [4.69, 9.17) is 5.73 Å². The zero-order valence-corrected chi connectivity index (χ0v) is 13.3. The van der Waals surface area contributed by atoms with Gasteiger partial charge in [0, 0.05) is 10.0 Å². The molecule has 0 bridgehead atoms. The smallest absolute Gasteiger partial charge is 0.255 e. The van der Waals surface area contributed by atoms with Crippen LogP contribution in [0.2, 0.25) is 0 Å². The fraction of sp³-hybridized carbons (Fsp3) is 0.188. The molecule has 0 saturated heterocycles. The van der Waals surface area contributed by atoms with Crippen molar-refractivity contribution in [2.75, 3.05) is 11.1 Å². The number of anilines is 2. The monoisotopic (exact) mass is 332 g/mol. The molecule has 20 heavy (non-hydrogen) atoms. The van der Waals surface area contributed by atoms with E-state index in [1.165, 1.54) is 0 Å². The van der Waals surface area contributed by atoms with Crippen LogP contribution in [-0.4, -0.2) is 5.91 Å². The number of amides is 1. The molecule has 0 radical (unpaired) electrons. The largest absolute Gasteiger partial charge is 0.397 e. The maximum Gasteiger partial charge on any atom is 0.255 e. The van der Waals surface area contributed by atoms with Crippen molar-refractivity contribution in [3.05, 3.63) is 57.1 Å². The third kappa shape index (κ3) is 3.02. The van der Waals surface area contributed by atoms with Crippen molar-refractivity contribution in [3.8, 4) is 0 Å². The Morgan fingerprint density at radius 2 is 1.80 bits per heavy atom. The van der Waals surface area contributed by atoms with Gasteiger partial charge >= 0.3 is 0 Å². The van der Waals surface area contributed by atoms with Crippen molar-refractivity contribution in [2.45, 2.75) is 20.8 Å². The molecule has 4 heteroatoms. The highest BCUT2D eigenvalue weighted by Crippen LogP contribution is 2.28. The number of aryl methyl sites for hydroxylation is 3. The molecule has 3 nitrogen and oxygen atoms in total. The number of carbonyl (C=O) groups is 1. The molecule has 2 aromatic carbocycles. The quantitative estimate of drug-likeness (QED) is 0.809. The lowest BCUT2D eigenvalue weighted by Gasteiger charge is -2.13. The number of hydrogen-bond donors (Lipinski definition) is 2. The fourth-order valence-corrected chi connectivity index (χ4v) is 2.78. The van der Waals surface area contributed by atoms with Crippen LogP contribution in [0.4, 0.5) is 11.4 Å². The number of nitrogens with two attached hydrogens (primary N) is 1. The molecule has 2 aromatic rings. The average Bonchev–Trinajstić information content (AvgIpc) is 2.33. The SMILES string of the molecule is Cc1ccc(C(=O)Nc2c(C)cc(Br)cc2N)c(C)c1. The van der Waals surface area contributed by atoms with E-state index in [1.807, 2.05) is 45.0 Å². The maximum atomic E-state index is 12.4. The molecule has 104 valence electrons. The van der Waals surface area contributed by atoms with Crippen molar-refractivity contribution in [2.24, 2.45) is 0 Å². The van der Waals surface area contributed by atoms with Crippen LogP contribution in [0.15, 0.2) is 34.8 Å². The predicted molar refractivity (Wildman–Crippen MR) is 87.2 cm³/mol. The van der Waals surface area contributed by atoms with Crippen molar-refractivity contribution < 1.29 is 4.79 Å². The summed E-state index contributed by atoms with van der Waals surface area (Å²) in [7, 11) is 0. The van der Waals surface area contributed by atoms with Gasteiger partial charge < -0.3 is 11.1 Å². The lowest BCUT2D eigenvalue weighted by Crippen LogP contribution is -2.15. The molecule has 0 unspecified atom stereocenters. The van der Waals surface area contributed by atoms with Crippen LogP contribution in [0.3, 0.4) is 0 Å². The summed E-state index contributed by atoms with van der Waals surface area (Å²) in [6.07, 6.45) is 0. The molecule has 3 N–H and O–H groups in total. The van der Waals surface area contributed by atoms with Gasteiger partial charge in [-0.1, -0.05) is 33.6 Å². The third-order valence-corrected chi connectivity index (χ3v) is 3.65. The zero-order valence-electron chi connectivity index (χ0n) is 11.8. The Hall–Kier alpha value is -1.81. The van der Waals surface area contributed by atoms with Crippen LogP contribution in [0.25, 0.3) is 0 Å². The number of nitrogen functional groups attached to an aromatic ring is 1. The first kappa shape index (κ1) is 14.6. The minimum absolute atomic E-state index is 0.139. The summed E-state index contributed by atoms with van der Waals surface area (Å²) < 4.78 is 0.900. The van der Waals surface area contributed by atoms with Gasteiger partial charge in [-0.25, -0.2) is 0 Å². The van der Waals surface area contributed by atoms with Gasteiger partial charge in [-0.05, 0) is 50.1 Å². The second kappa shape index (κ2) is 5.67. The molecule has 0 aliphatic heterocycles. The van der Waals surface area contributed by atoms with Crippen LogP contribution in [0, 0.1) is 20.8 Å². The second-order valence-electron chi connectivity index (χ2n) is 4.96. The minimum Gasteiger partial charge on any atom is -0.397 e. The first-order valence-corrected chi connectivity index (χ1v) is 7.12. The summed E-state index contributed by atoms with van der Waals surface area (Å²) in [5, 5.41) is 2.90. The van der Waals surface area contributed by atoms with Crippen molar-refractivity contribution in [3.63, 3.8) is 0 Å². The zero-order chi connectivity index (χ0) is 14.9. The lowest BCUT2D eigenvalue weighted by molar-refractivity contribution is 0.102. The highest BCUT2D eigenvalue weighted by atomic mass is 79.9. The van der Waals surface area contributed by atoms with E-state index < -0.39 is 0 Å². The van der Waals surface area contributed by atoms with E-state index in [1.54, 1.807) is 6.07 Å². The molecule has 1 amide bonds. The van der Waals surface area contributed by atoms with Gasteiger partial charge in [-0.15, -0.1) is 0 Å². The van der Waals surface area contributed by atoms with Gasteiger partial charge in [0.2, 0.25) is 0 Å². The number of rotatable bonds is 2. The molecule has 0 aliphatic rings. The molecule has 0 spiro atoms. The number of halogens is 1. The fourth-order valence-electron chi connectivity index (χ4n) is 2.19. The Morgan fingerprint density at radius 3 is 2.40 bits per heavy atom. The maximum absolute atomic E-state index is 12.4. The first-order chi connectivity index (χ1) is 9.38. The van der Waals surface area contributed by atoms with Crippen LogP contribution in [-0.2, 0) is 0 Å². The number of nitrogens with one attached hydrogen (secondary N) is 1. The van der Waals surface area contributed by atoms with Crippen LogP contribution in [0.5, 0.6) is 0 Å². The molecule has 0 fully saturated rings. The van der Waals surface area contributed by atoms with E-state index in [2.05, 4.69) is 21.2 Å². The Kier molecular flexibility index (Phi) is 4.14. The van der Waals surface area contributed by atoms with E-state index in [9.17, 15) is 4.79 Å². The minimum atomic E-state index is -0.139. The summed E-state index contributed by atoms with van der Waals surface area (Å²) >= 11 is 3.39. The third-order valence-electron chi connectivity index (χ3n) is 3.20. The van der Waals surface area contributed by atoms with Gasteiger partial charge in [0.1, 0.15) is 0 Å². The molecule has 0 aromatic heterocycles. The average molecular weight is 333 g/mol. The lowest BCUT2D eigenvalue weighted by atomic mass is 10.0. The van der Waals surface area contributed by atoms with Crippen molar-refractivity contribution in [1.82, 2.24) is 0 Å². The number of benzene rings is 2. The Labute approximate surface area is 127 Å². The standard InChI is InChI=1S/C16H17BrN2O/c1-9-4-5-13(10(2)6-9)16(20)19-15-11(3)7-12(17)8-14(15)18/h4-8H,18H2,1-3H3,(H,19,20). The number of carbonyl (C=O) groups excluding carboxylic acids is 1. The van der Waals surface area contributed by atoms with Gasteiger partial charge in [0.05, 0.1) is 11.4 Å². The van der Waals surface area contributed by atoms with Gasteiger partial charge in [0.25, 0.3) is 5.91 Å². The predicted octanol–water partition coefficient (Wildman–Crippen LogP) is 4.21. The summed E-state index contributed by atoms with van der Waals surface area (Å²) in [4.78, 5) is 12.4. The topological polar surface area (TPSA) is 55.1 Å². The van der Waals surface area contributed by atoms with Crippen LogP contribution in [0.1, 0.15) is 27.0 Å². The molecule has 0 heterocycles. The number of hydrogen-bond acceptors (Lipinski definition) is 2. The molecular formula is C16H17BrN2O. The Balaban J connectivity index is 2.33. The Bertz CT molecular complexity index is 657. The molecular weight excluding hydrogens is 316 g/mol. The highest BCUT2D eigenvalue weighted by Gasteiger charge is 2.13. The molecule has 0 atom stereocenters. The van der Waals surface area contributed by atoms with E-state index in [-0.39, 0.29) is 5.91 Å². The van der Waals surface area contributed by atoms with Crippen LogP contribution >= 0.6 is 15.9 Å². The molecule has 0 aliphatic carbocycles. The second-order valence-corrected chi connectivity index (χ2v) is 5.88. The van der Waals surface area contributed by atoms with E-state index >= 15 is 0 Å².